The quantitative estimate of drug-likeness (QED) is 0.710. The van der Waals surface area contributed by atoms with Gasteiger partial charge in [-0.15, -0.1) is 0 Å². The molecule has 1 N–H and O–H groups in total. The molecule has 1 aliphatic heterocycles. The van der Waals surface area contributed by atoms with Gasteiger partial charge in [-0.25, -0.2) is 0 Å². The Labute approximate surface area is 123 Å². The van der Waals surface area contributed by atoms with Gasteiger partial charge in [-0.3, -0.25) is 0 Å². The van der Waals surface area contributed by atoms with E-state index in [9.17, 15) is 0 Å². The van der Waals surface area contributed by atoms with E-state index in [2.05, 4.69) is 56.5 Å². The third-order valence-corrected chi connectivity index (χ3v) is 7.20. The smallest absolute Gasteiger partial charge is 0.0320 e. The van der Waals surface area contributed by atoms with Gasteiger partial charge in [-0.05, 0) is 25.3 Å². The predicted octanol–water partition coefficient (Wildman–Crippen LogP) is 4.42. The zero-order valence-electron chi connectivity index (χ0n) is 12.6. The van der Waals surface area contributed by atoms with Gasteiger partial charge < -0.3 is 5.32 Å². The van der Waals surface area contributed by atoms with Crippen LogP contribution >= 0.6 is 23.5 Å². The zero-order valence-corrected chi connectivity index (χ0v) is 14.2. The molecule has 0 amide bonds. The molecule has 4 unspecified atom stereocenters. The molecule has 18 heavy (non-hydrogen) atoms. The molecule has 108 valence electrons. The highest BCUT2D eigenvalue weighted by Gasteiger charge is 2.32. The van der Waals surface area contributed by atoms with Crippen molar-refractivity contribution in [2.75, 3.05) is 18.1 Å². The van der Waals surface area contributed by atoms with Gasteiger partial charge in [0.2, 0.25) is 0 Å². The predicted molar refractivity (Wildman–Crippen MR) is 88.9 cm³/mol. The maximum absolute atomic E-state index is 3.77. The fraction of sp³-hybridized carbons (Fsp3) is 1.00. The summed E-state index contributed by atoms with van der Waals surface area (Å²) in [7, 11) is 0. The van der Waals surface area contributed by atoms with E-state index < -0.39 is 0 Å². The Bertz CT molecular complexity index is 211. The Morgan fingerprint density at radius 2 is 1.89 bits per heavy atom. The van der Waals surface area contributed by atoms with Crippen LogP contribution in [0.3, 0.4) is 0 Å². The summed E-state index contributed by atoms with van der Waals surface area (Å²) in [6.07, 6.45) is 5.38. The van der Waals surface area contributed by atoms with Crippen molar-refractivity contribution in [3.8, 4) is 0 Å². The molecule has 0 bridgehead atoms. The number of hydrogen-bond donors (Lipinski definition) is 1. The second-order valence-electron chi connectivity index (χ2n) is 5.45. The molecule has 0 radical (unpaired) electrons. The molecular weight excluding hydrogens is 258 g/mol. The van der Waals surface area contributed by atoms with Gasteiger partial charge in [0.1, 0.15) is 0 Å². The lowest BCUT2D eigenvalue weighted by Crippen LogP contribution is -2.45. The minimum absolute atomic E-state index is 0.722. The molecular formula is C15H31NS2. The summed E-state index contributed by atoms with van der Waals surface area (Å²) in [6, 6.07) is 0.722. The summed E-state index contributed by atoms with van der Waals surface area (Å²) in [4.78, 5) is 0. The highest BCUT2D eigenvalue weighted by Crippen LogP contribution is 2.36. The van der Waals surface area contributed by atoms with Crippen LogP contribution < -0.4 is 5.32 Å². The molecule has 1 heterocycles. The summed E-state index contributed by atoms with van der Waals surface area (Å²) in [5.41, 5.74) is 0. The number of hydrogen-bond acceptors (Lipinski definition) is 3. The van der Waals surface area contributed by atoms with Crippen LogP contribution in [0.1, 0.15) is 53.4 Å². The second kappa shape index (κ2) is 9.55. The summed E-state index contributed by atoms with van der Waals surface area (Å²) in [6.45, 7) is 10.4. The van der Waals surface area contributed by atoms with E-state index in [4.69, 9.17) is 0 Å². The van der Waals surface area contributed by atoms with E-state index in [0.29, 0.717) is 0 Å². The Morgan fingerprint density at radius 1 is 1.17 bits per heavy atom. The highest BCUT2D eigenvalue weighted by atomic mass is 32.2. The third kappa shape index (κ3) is 5.34. The molecule has 0 saturated carbocycles. The van der Waals surface area contributed by atoms with E-state index in [0.717, 1.165) is 29.0 Å². The van der Waals surface area contributed by atoms with Crippen molar-refractivity contribution in [2.45, 2.75) is 69.9 Å². The van der Waals surface area contributed by atoms with Crippen molar-refractivity contribution in [3.05, 3.63) is 0 Å². The Morgan fingerprint density at radius 3 is 2.50 bits per heavy atom. The minimum atomic E-state index is 0.722. The number of nitrogens with one attached hydrogen (secondary N) is 1. The van der Waals surface area contributed by atoms with Gasteiger partial charge in [0, 0.05) is 28.0 Å². The molecule has 0 aromatic rings. The maximum atomic E-state index is 3.77. The standard InChI is InChI=1S/C15H31NS2/c1-5-8-12(4)11-13(16-7-3)15-14(6-2)17-9-10-18-15/h12-16H,5-11H2,1-4H3. The first-order chi connectivity index (χ1) is 8.72. The van der Waals surface area contributed by atoms with E-state index in [1.54, 1.807) is 0 Å². The molecule has 3 heteroatoms. The van der Waals surface area contributed by atoms with Crippen molar-refractivity contribution in [1.29, 1.82) is 0 Å². The Balaban J connectivity index is 2.57. The molecule has 1 saturated heterocycles. The Kier molecular flexibility index (Phi) is 8.86. The average molecular weight is 290 g/mol. The van der Waals surface area contributed by atoms with Crippen molar-refractivity contribution in [1.82, 2.24) is 5.32 Å². The fourth-order valence-corrected chi connectivity index (χ4v) is 6.23. The molecule has 0 aromatic carbocycles. The SMILES string of the molecule is CCCC(C)CC(NCC)C1SCCSC1CC. The van der Waals surface area contributed by atoms with Crippen LogP contribution in [-0.4, -0.2) is 34.6 Å². The van der Waals surface area contributed by atoms with Crippen molar-refractivity contribution in [2.24, 2.45) is 5.92 Å². The largest absolute Gasteiger partial charge is 0.313 e. The molecule has 1 nitrogen and oxygen atoms in total. The van der Waals surface area contributed by atoms with Gasteiger partial charge in [0.05, 0.1) is 0 Å². The molecule has 4 atom stereocenters. The van der Waals surface area contributed by atoms with Gasteiger partial charge in [-0.2, -0.15) is 23.5 Å². The van der Waals surface area contributed by atoms with Crippen molar-refractivity contribution in [3.63, 3.8) is 0 Å². The van der Waals surface area contributed by atoms with Crippen molar-refractivity contribution < 1.29 is 0 Å². The molecule has 0 spiro atoms. The molecule has 1 fully saturated rings. The van der Waals surface area contributed by atoms with Crippen LogP contribution in [0.2, 0.25) is 0 Å². The van der Waals surface area contributed by atoms with Crippen LogP contribution in [0.15, 0.2) is 0 Å². The van der Waals surface area contributed by atoms with E-state index in [1.165, 1.54) is 37.2 Å². The molecule has 1 aliphatic rings. The van der Waals surface area contributed by atoms with Gasteiger partial charge in [-0.1, -0.05) is 40.5 Å². The summed E-state index contributed by atoms with van der Waals surface area (Å²) in [5, 5.41) is 5.46. The fourth-order valence-electron chi connectivity index (χ4n) is 2.95. The van der Waals surface area contributed by atoms with Gasteiger partial charge in [0.15, 0.2) is 0 Å². The molecule has 0 aliphatic carbocycles. The lowest BCUT2D eigenvalue weighted by atomic mass is 9.94. The molecule has 0 aromatic heterocycles. The summed E-state index contributed by atoms with van der Waals surface area (Å²) >= 11 is 4.43. The van der Waals surface area contributed by atoms with Crippen LogP contribution in [0.5, 0.6) is 0 Å². The average Bonchev–Trinajstić information content (AvgIpc) is 2.38. The van der Waals surface area contributed by atoms with Crippen LogP contribution in [0, 0.1) is 5.92 Å². The lowest BCUT2D eigenvalue weighted by molar-refractivity contribution is 0.374. The van der Waals surface area contributed by atoms with E-state index >= 15 is 0 Å². The van der Waals surface area contributed by atoms with Gasteiger partial charge in [0.25, 0.3) is 0 Å². The normalized spacial score (nSPS) is 28.0. The number of rotatable bonds is 8. The maximum Gasteiger partial charge on any atom is 0.0320 e. The second-order valence-corrected chi connectivity index (χ2v) is 8.08. The minimum Gasteiger partial charge on any atom is -0.313 e. The van der Waals surface area contributed by atoms with E-state index in [1.807, 2.05) is 0 Å². The van der Waals surface area contributed by atoms with E-state index in [-0.39, 0.29) is 0 Å². The highest BCUT2D eigenvalue weighted by molar-refractivity contribution is 8.07. The van der Waals surface area contributed by atoms with Crippen LogP contribution in [0.25, 0.3) is 0 Å². The first kappa shape index (κ1) is 16.7. The summed E-state index contributed by atoms with van der Waals surface area (Å²) in [5.74, 6) is 3.56. The number of thioether (sulfide) groups is 2. The lowest BCUT2D eigenvalue weighted by Gasteiger charge is -2.37. The van der Waals surface area contributed by atoms with Crippen LogP contribution in [-0.2, 0) is 0 Å². The topological polar surface area (TPSA) is 12.0 Å². The zero-order chi connectivity index (χ0) is 13.4. The third-order valence-electron chi connectivity index (χ3n) is 3.80. The first-order valence-corrected chi connectivity index (χ1v) is 9.79. The Hall–Kier alpha value is 0.660. The summed E-state index contributed by atoms with van der Waals surface area (Å²) < 4.78 is 0. The van der Waals surface area contributed by atoms with Gasteiger partial charge >= 0.3 is 0 Å². The van der Waals surface area contributed by atoms with Crippen molar-refractivity contribution >= 4 is 23.5 Å². The first-order valence-electron chi connectivity index (χ1n) is 7.69. The monoisotopic (exact) mass is 289 g/mol. The van der Waals surface area contributed by atoms with Crippen LogP contribution in [0.4, 0.5) is 0 Å². The molecule has 1 rings (SSSR count).